The number of aromatic nitrogens is 4. The molecule has 2 amide bonds. The number of fused-ring (bicyclic) bond motifs is 2. The number of hydrogen-bond donors (Lipinski definition) is 2. The van der Waals surface area contributed by atoms with Crippen LogP contribution in [0.3, 0.4) is 0 Å². The van der Waals surface area contributed by atoms with Gasteiger partial charge in [-0.1, -0.05) is 0 Å². The van der Waals surface area contributed by atoms with Gasteiger partial charge in [0.15, 0.2) is 0 Å². The van der Waals surface area contributed by atoms with Crippen molar-refractivity contribution >= 4 is 40.0 Å². The number of hydrogen-bond acceptors (Lipinski definition) is 10. The van der Waals surface area contributed by atoms with E-state index in [1.165, 1.54) is 13.1 Å². The van der Waals surface area contributed by atoms with E-state index in [1.807, 2.05) is 66.6 Å². The Morgan fingerprint density at radius 3 is 1.45 bits per heavy atom. The molecular weight excluding hydrogens is 833 g/mol. The molecule has 17 heteroatoms. The number of aliphatic carboxylic acids is 1. The molecule has 358 valence electrons. The Kier molecular flexibility index (Phi) is 16.5. The number of carboxylic acids is 1. The second kappa shape index (κ2) is 21.8. The number of aryl methyl sites for hydroxylation is 2. The zero-order chi connectivity index (χ0) is 47.0. The lowest BCUT2D eigenvalue weighted by molar-refractivity contribution is -0.143. The van der Waals surface area contributed by atoms with Gasteiger partial charge < -0.3 is 39.3 Å². The number of amides is 2. The van der Waals surface area contributed by atoms with Crippen LogP contribution in [-0.2, 0) is 41.5 Å². The van der Waals surface area contributed by atoms with E-state index in [9.17, 15) is 24.0 Å². The molecule has 2 aliphatic heterocycles. The number of benzene rings is 2. The zero-order valence-electron chi connectivity index (χ0n) is 39.8. The summed E-state index contributed by atoms with van der Waals surface area (Å²) in [5.74, 6) is 1.45. The van der Waals surface area contributed by atoms with Crippen LogP contribution in [0.4, 0.5) is 4.79 Å². The van der Waals surface area contributed by atoms with Gasteiger partial charge in [0.05, 0.1) is 42.2 Å². The lowest BCUT2D eigenvalue weighted by atomic mass is 9.81. The van der Waals surface area contributed by atoms with E-state index in [1.54, 1.807) is 46.9 Å². The van der Waals surface area contributed by atoms with Crippen LogP contribution in [0.1, 0.15) is 72.1 Å². The van der Waals surface area contributed by atoms with Crippen LogP contribution in [0.15, 0.2) is 46.0 Å². The lowest BCUT2D eigenvalue weighted by Crippen LogP contribution is -2.53. The summed E-state index contributed by atoms with van der Waals surface area (Å²) in [5, 5.41) is 12.4. The number of piperazine rings is 2. The maximum absolute atomic E-state index is 13.1. The molecule has 4 heterocycles. The molecule has 2 aromatic carbocycles. The Labute approximate surface area is 382 Å². The molecule has 65 heavy (non-hydrogen) atoms. The van der Waals surface area contributed by atoms with E-state index in [0.29, 0.717) is 63.9 Å². The average Bonchev–Trinajstić information content (AvgIpc) is 3.68. The molecule has 4 aliphatic rings. The molecule has 0 bridgehead atoms. The van der Waals surface area contributed by atoms with Crippen molar-refractivity contribution < 1.29 is 33.7 Å². The largest absolute Gasteiger partial charge is 0.497 e. The molecule has 2 aliphatic carbocycles. The van der Waals surface area contributed by atoms with Gasteiger partial charge in [-0.15, -0.1) is 0 Å². The summed E-state index contributed by atoms with van der Waals surface area (Å²) in [7, 11) is 8.96. The van der Waals surface area contributed by atoms with E-state index in [2.05, 4.69) is 17.3 Å². The maximum atomic E-state index is 13.1. The first-order valence-corrected chi connectivity index (χ1v) is 23.3. The quantitative estimate of drug-likeness (QED) is 0.244. The molecule has 4 aromatic rings. The summed E-state index contributed by atoms with van der Waals surface area (Å²) < 4.78 is 23.1. The summed E-state index contributed by atoms with van der Waals surface area (Å²) in [4.78, 5) is 67.8. The third kappa shape index (κ3) is 12.3. The molecule has 4 fully saturated rings. The van der Waals surface area contributed by atoms with E-state index in [-0.39, 0.29) is 35.2 Å². The first-order valence-electron chi connectivity index (χ1n) is 23.3. The highest BCUT2D eigenvalue weighted by Gasteiger charge is 2.34. The number of methoxy groups -OCH3 is 2. The molecule has 0 atom stereocenters. The minimum absolute atomic E-state index is 0.0173. The summed E-state index contributed by atoms with van der Waals surface area (Å²) >= 11 is 0. The molecule has 2 N–H and O–H groups in total. The molecule has 0 spiro atoms. The lowest BCUT2D eigenvalue weighted by Gasteiger charge is -2.38. The second-order valence-electron chi connectivity index (χ2n) is 19.2. The molecular formula is C48H72N8O9. The van der Waals surface area contributed by atoms with Crippen LogP contribution < -0.4 is 26.2 Å². The van der Waals surface area contributed by atoms with Crippen LogP contribution in [0.5, 0.6) is 11.5 Å². The highest BCUT2D eigenvalue weighted by atomic mass is 16.6. The number of nitrogens with zero attached hydrogens (tertiary/aromatic N) is 7. The Morgan fingerprint density at radius 1 is 0.631 bits per heavy atom. The number of ether oxygens (including phenoxy) is 3. The molecule has 0 unspecified atom stereocenters. The van der Waals surface area contributed by atoms with Crippen molar-refractivity contribution in [3.8, 4) is 11.5 Å². The van der Waals surface area contributed by atoms with Gasteiger partial charge >= 0.3 is 23.4 Å². The molecule has 17 nitrogen and oxygen atoms in total. The normalized spacial score (nSPS) is 21.8. The molecule has 2 saturated carbocycles. The highest BCUT2D eigenvalue weighted by Crippen LogP contribution is 2.33. The minimum atomic E-state index is -0.699. The number of rotatable bonds is 8. The number of imidazole rings is 2. The van der Waals surface area contributed by atoms with Gasteiger partial charge in [-0.3, -0.25) is 27.9 Å². The van der Waals surface area contributed by atoms with Gasteiger partial charge in [-0.2, -0.15) is 0 Å². The molecule has 8 rings (SSSR count). The van der Waals surface area contributed by atoms with Crippen molar-refractivity contribution in [3.05, 3.63) is 57.4 Å². The molecule has 2 saturated heterocycles. The van der Waals surface area contributed by atoms with Crippen molar-refractivity contribution in [2.24, 2.45) is 37.8 Å². The predicted molar refractivity (Wildman–Crippen MR) is 251 cm³/mol. The van der Waals surface area contributed by atoms with E-state index < -0.39 is 11.6 Å². The van der Waals surface area contributed by atoms with Gasteiger partial charge in [0.2, 0.25) is 5.91 Å². The Bertz CT molecular complexity index is 2360. The van der Waals surface area contributed by atoms with Crippen LogP contribution in [-0.4, -0.2) is 135 Å². The fourth-order valence-corrected chi connectivity index (χ4v) is 9.56. The van der Waals surface area contributed by atoms with Crippen molar-refractivity contribution in [1.29, 1.82) is 0 Å². The summed E-state index contributed by atoms with van der Waals surface area (Å²) in [5.41, 5.74) is 2.96. The van der Waals surface area contributed by atoms with Gasteiger partial charge in [-0.05, 0) is 115 Å². The van der Waals surface area contributed by atoms with Crippen molar-refractivity contribution in [3.63, 3.8) is 0 Å². The Balaban J connectivity index is 0.000000198. The Morgan fingerprint density at radius 2 is 1.06 bits per heavy atom. The predicted octanol–water partition coefficient (Wildman–Crippen LogP) is 5.00. The summed E-state index contributed by atoms with van der Waals surface area (Å²) in [6.07, 6.45) is 6.28. The number of carboxylic acid groups (broad SMARTS) is 1. The molecule has 0 radical (unpaired) electrons. The number of carbonyl (C=O) groups excluding carboxylic acids is 2. The summed E-state index contributed by atoms with van der Waals surface area (Å²) in [6, 6.07) is 11.3. The van der Waals surface area contributed by atoms with Gasteiger partial charge in [0.25, 0.3) is 0 Å². The van der Waals surface area contributed by atoms with Gasteiger partial charge in [-0.25, -0.2) is 14.4 Å². The average molecular weight is 905 g/mol. The second-order valence-corrected chi connectivity index (χ2v) is 19.2. The van der Waals surface area contributed by atoms with Crippen LogP contribution in [0.2, 0.25) is 0 Å². The minimum Gasteiger partial charge on any atom is -0.497 e. The maximum Gasteiger partial charge on any atom is 0.410 e. The first-order chi connectivity index (χ1) is 31.0. The number of carbonyl (C=O) groups is 3. The molecule has 2 aromatic heterocycles. The van der Waals surface area contributed by atoms with Crippen LogP contribution in [0, 0.1) is 23.7 Å². The van der Waals surface area contributed by atoms with Crippen molar-refractivity contribution in [2.75, 3.05) is 73.6 Å². The smallest absolute Gasteiger partial charge is 0.410 e. The van der Waals surface area contributed by atoms with Gasteiger partial charge in [0.1, 0.15) is 17.1 Å². The van der Waals surface area contributed by atoms with Crippen LogP contribution >= 0.6 is 0 Å². The van der Waals surface area contributed by atoms with E-state index in [0.717, 1.165) is 85.2 Å². The van der Waals surface area contributed by atoms with E-state index >= 15 is 0 Å². The van der Waals surface area contributed by atoms with E-state index in [4.69, 9.17) is 19.3 Å². The SMILES string of the molecule is CN1CCNCC1.COc1ccc2c(c1)n(CC1CCC(C(=O)N3CCN(C(=O)OC(C)(C)C)CC3)CC1)c(=O)n2C.COc1ccc2c(c1)n(CC1CCC(C(=O)O)CC1)c(=O)n2C. The fourth-order valence-electron chi connectivity index (χ4n) is 9.56. The third-order valence-corrected chi connectivity index (χ3v) is 13.6. The topological polar surface area (TPSA) is 175 Å². The first kappa shape index (κ1) is 49.2. The monoisotopic (exact) mass is 905 g/mol. The third-order valence-electron chi connectivity index (χ3n) is 13.6. The Hall–Kier alpha value is -5.29. The fraction of sp³-hybridized carbons (Fsp3) is 0.646. The highest BCUT2D eigenvalue weighted by molar-refractivity contribution is 5.80. The van der Waals surface area contributed by atoms with Crippen LogP contribution in [0.25, 0.3) is 22.1 Å². The van der Waals surface area contributed by atoms with Crippen molar-refractivity contribution in [2.45, 2.75) is 90.8 Å². The van der Waals surface area contributed by atoms with Gasteiger partial charge in [0, 0.05) is 97.6 Å². The standard InChI is InChI=1S/C26H38N4O5.C17H22N2O4.C5H12N2/c1-26(2,3)35-25(33)29-14-12-28(13-15-29)23(31)19-8-6-18(7-9-19)17-30-22-16-20(34-5)10-11-21(22)27(4)24(30)32;1-18-14-8-7-13(23-2)9-15(14)19(17(18)22)10-11-3-5-12(6-4-11)16(20)21;1-7-4-2-6-3-5-7/h10-11,16,18-19H,6-9,12-15,17H2,1-5H3;7-9,11-12H,3-6,10H2,1-2H3,(H,20,21);6H,2-5H2,1H3. The zero-order valence-corrected chi connectivity index (χ0v) is 39.8. The number of nitrogens with one attached hydrogen (secondary N) is 1. The summed E-state index contributed by atoms with van der Waals surface area (Å²) in [6.45, 7) is 13.7. The number of likely N-dealkylation sites (N-methyl/N-ethyl adjacent to an activating group) is 1. The van der Waals surface area contributed by atoms with Crippen molar-refractivity contribution in [1.82, 2.24) is 38.3 Å².